The number of carbonyl (C=O) groups is 1. The zero-order valence-electron chi connectivity index (χ0n) is 12.4. The number of benzene rings is 1. The number of ether oxygens (including phenoxy) is 1. The highest BCUT2D eigenvalue weighted by Gasteiger charge is 2.16. The molecule has 2 heterocycles. The van der Waals surface area contributed by atoms with Gasteiger partial charge >= 0.3 is 5.97 Å². The average Bonchev–Trinajstić information content (AvgIpc) is 2.98. The first-order valence-corrected chi connectivity index (χ1v) is 7.24. The summed E-state index contributed by atoms with van der Waals surface area (Å²) in [5.74, 6) is 0.446. The highest BCUT2D eigenvalue weighted by molar-refractivity contribution is 6.30. The van der Waals surface area contributed by atoms with Gasteiger partial charge in [-0.1, -0.05) is 24.3 Å². The van der Waals surface area contributed by atoms with E-state index in [0.29, 0.717) is 27.9 Å². The molecule has 0 saturated carbocycles. The summed E-state index contributed by atoms with van der Waals surface area (Å²) < 4.78 is 6.56. The molecule has 0 fully saturated rings. The lowest BCUT2D eigenvalue weighted by Crippen LogP contribution is -2.11. The Morgan fingerprint density at radius 1 is 1.39 bits per heavy atom. The van der Waals surface area contributed by atoms with Crippen molar-refractivity contribution in [3.8, 4) is 11.4 Å². The van der Waals surface area contributed by atoms with Crippen LogP contribution in [0.1, 0.15) is 16.1 Å². The molecule has 3 aromatic rings. The Hall–Kier alpha value is -2.73. The van der Waals surface area contributed by atoms with E-state index in [1.165, 1.54) is 16.8 Å². The van der Waals surface area contributed by atoms with Crippen molar-refractivity contribution < 1.29 is 9.53 Å². The van der Waals surface area contributed by atoms with Gasteiger partial charge < -0.3 is 4.74 Å². The molecule has 0 aliphatic heterocycles. The van der Waals surface area contributed by atoms with E-state index in [4.69, 9.17) is 16.3 Å². The third kappa shape index (κ3) is 2.93. The molecule has 6 nitrogen and oxygen atoms in total. The summed E-state index contributed by atoms with van der Waals surface area (Å²) >= 11 is 5.88. The summed E-state index contributed by atoms with van der Waals surface area (Å²) in [7, 11) is 0. The molecule has 0 atom stereocenters. The molecule has 2 aromatic heterocycles. The number of aryl methyl sites for hydroxylation is 1. The summed E-state index contributed by atoms with van der Waals surface area (Å²) in [6.45, 7) is 5.42. The third-order valence-corrected chi connectivity index (χ3v) is 3.51. The van der Waals surface area contributed by atoms with E-state index in [9.17, 15) is 4.79 Å². The fourth-order valence-electron chi connectivity index (χ4n) is 2.08. The van der Waals surface area contributed by atoms with Crippen LogP contribution in [0.25, 0.3) is 17.2 Å². The van der Waals surface area contributed by atoms with Gasteiger partial charge in [0.25, 0.3) is 5.78 Å². The Bertz CT molecular complexity index is 887. The minimum absolute atomic E-state index is 0.143. The summed E-state index contributed by atoms with van der Waals surface area (Å²) in [5, 5.41) is 5.05. The Morgan fingerprint density at radius 2 is 2.13 bits per heavy atom. The second-order valence-electron chi connectivity index (χ2n) is 4.80. The molecule has 3 rings (SSSR count). The molecule has 0 aliphatic rings. The molecular formula is C16H13ClN4O2. The van der Waals surface area contributed by atoms with Gasteiger partial charge in [-0.05, 0) is 31.2 Å². The molecule has 0 unspecified atom stereocenters. The molecule has 116 valence electrons. The van der Waals surface area contributed by atoms with Crippen molar-refractivity contribution in [1.29, 1.82) is 0 Å². The topological polar surface area (TPSA) is 69.4 Å². The third-order valence-electron chi connectivity index (χ3n) is 3.26. The van der Waals surface area contributed by atoms with Crippen molar-refractivity contribution in [2.24, 2.45) is 0 Å². The maximum absolute atomic E-state index is 12.0. The summed E-state index contributed by atoms with van der Waals surface area (Å²) in [5.41, 5.74) is 1.76. The maximum atomic E-state index is 12.0. The predicted molar refractivity (Wildman–Crippen MR) is 86.4 cm³/mol. The van der Waals surface area contributed by atoms with Crippen LogP contribution in [0.2, 0.25) is 5.02 Å². The predicted octanol–water partition coefficient (Wildman–Crippen LogP) is 3.10. The number of aromatic nitrogens is 4. The second-order valence-corrected chi connectivity index (χ2v) is 5.23. The molecule has 0 bridgehead atoms. The maximum Gasteiger partial charge on any atom is 0.341 e. The van der Waals surface area contributed by atoms with Gasteiger partial charge in [-0.15, -0.1) is 5.10 Å². The van der Waals surface area contributed by atoms with E-state index < -0.39 is 5.97 Å². The zero-order valence-corrected chi connectivity index (χ0v) is 13.1. The molecule has 7 heteroatoms. The highest BCUT2D eigenvalue weighted by Crippen LogP contribution is 2.20. The van der Waals surface area contributed by atoms with Crippen LogP contribution >= 0.6 is 11.6 Å². The number of halogens is 1. The molecule has 0 amide bonds. The first-order chi connectivity index (χ1) is 11.1. The van der Waals surface area contributed by atoms with Crippen LogP contribution in [0, 0.1) is 6.92 Å². The highest BCUT2D eigenvalue weighted by atomic mass is 35.5. The second kappa shape index (κ2) is 6.18. The van der Waals surface area contributed by atoms with Gasteiger partial charge in [-0.25, -0.2) is 14.3 Å². The van der Waals surface area contributed by atoms with E-state index in [2.05, 4.69) is 21.6 Å². The Kier molecular flexibility index (Phi) is 4.08. The number of nitrogens with zero attached hydrogens (tertiary/aromatic N) is 4. The number of carbonyl (C=O) groups excluding carboxylic acids is 1. The lowest BCUT2D eigenvalue weighted by Gasteiger charge is -2.05. The van der Waals surface area contributed by atoms with Crippen molar-refractivity contribution in [1.82, 2.24) is 19.6 Å². The van der Waals surface area contributed by atoms with E-state index in [1.54, 1.807) is 19.1 Å². The van der Waals surface area contributed by atoms with Gasteiger partial charge in [0, 0.05) is 16.8 Å². The number of fused-ring (bicyclic) bond motifs is 1. The fraction of sp³-hybridized carbons (Fsp3) is 0.125. The van der Waals surface area contributed by atoms with Gasteiger partial charge in [0.05, 0.1) is 11.3 Å². The molecular weight excluding hydrogens is 316 g/mol. The van der Waals surface area contributed by atoms with E-state index in [-0.39, 0.29) is 6.61 Å². The number of hydrogen-bond donors (Lipinski definition) is 0. The smallest absolute Gasteiger partial charge is 0.341 e. The van der Waals surface area contributed by atoms with Crippen LogP contribution in [-0.2, 0) is 4.74 Å². The Morgan fingerprint density at radius 3 is 2.83 bits per heavy atom. The van der Waals surface area contributed by atoms with Crippen molar-refractivity contribution in [2.75, 3.05) is 6.61 Å². The lowest BCUT2D eigenvalue weighted by molar-refractivity contribution is 0.0547. The summed E-state index contributed by atoms with van der Waals surface area (Å²) in [4.78, 5) is 20.5. The first kappa shape index (κ1) is 15.2. The molecule has 23 heavy (non-hydrogen) atoms. The van der Waals surface area contributed by atoms with E-state index in [0.717, 1.165) is 5.56 Å². The quantitative estimate of drug-likeness (QED) is 0.543. The van der Waals surface area contributed by atoms with Gasteiger partial charge in [-0.2, -0.15) is 4.98 Å². The normalized spacial score (nSPS) is 10.7. The van der Waals surface area contributed by atoms with Crippen molar-refractivity contribution >= 4 is 23.3 Å². The molecule has 0 spiro atoms. The number of rotatable bonds is 4. The number of esters is 1. The molecule has 1 aromatic carbocycles. The largest absolute Gasteiger partial charge is 0.458 e. The van der Waals surface area contributed by atoms with Crippen LogP contribution in [0.3, 0.4) is 0 Å². The summed E-state index contributed by atoms with van der Waals surface area (Å²) in [6, 6.07) is 7.18. The average molecular weight is 329 g/mol. The SMILES string of the molecule is C=CCOC(=O)c1cnc2nc(-c3ccc(Cl)cc3)nn2c1C. The minimum atomic E-state index is -0.472. The fourth-order valence-corrected chi connectivity index (χ4v) is 2.20. The number of hydrogen-bond acceptors (Lipinski definition) is 5. The van der Waals surface area contributed by atoms with Crippen LogP contribution < -0.4 is 0 Å². The Balaban J connectivity index is 2.03. The standard InChI is InChI=1S/C16H13ClN4O2/c1-3-8-23-15(22)13-9-18-16-19-14(20-21(16)10(13)2)11-4-6-12(17)7-5-11/h3-7,9H,1,8H2,2H3. The monoisotopic (exact) mass is 328 g/mol. The van der Waals surface area contributed by atoms with E-state index in [1.807, 2.05) is 12.1 Å². The molecule has 0 radical (unpaired) electrons. The van der Waals surface area contributed by atoms with E-state index >= 15 is 0 Å². The van der Waals surface area contributed by atoms with Crippen molar-refractivity contribution in [3.05, 3.63) is 59.4 Å². The van der Waals surface area contributed by atoms with Crippen LogP contribution in [-0.4, -0.2) is 32.2 Å². The van der Waals surface area contributed by atoms with Gasteiger partial charge in [0.15, 0.2) is 5.82 Å². The Labute approximate surface area is 137 Å². The molecule has 0 saturated heterocycles. The van der Waals surface area contributed by atoms with Gasteiger partial charge in [0.1, 0.15) is 6.61 Å². The van der Waals surface area contributed by atoms with Crippen LogP contribution in [0.4, 0.5) is 0 Å². The molecule has 0 aliphatic carbocycles. The summed E-state index contributed by atoms with van der Waals surface area (Å²) in [6.07, 6.45) is 2.95. The first-order valence-electron chi connectivity index (χ1n) is 6.86. The minimum Gasteiger partial charge on any atom is -0.458 e. The van der Waals surface area contributed by atoms with Crippen LogP contribution in [0.15, 0.2) is 43.1 Å². The lowest BCUT2D eigenvalue weighted by atomic mass is 10.2. The molecule has 0 N–H and O–H groups in total. The van der Waals surface area contributed by atoms with Crippen molar-refractivity contribution in [2.45, 2.75) is 6.92 Å². The van der Waals surface area contributed by atoms with Gasteiger partial charge in [-0.3, -0.25) is 0 Å². The van der Waals surface area contributed by atoms with Crippen LogP contribution in [0.5, 0.6) is 0 Å². The van der Waals surface area contributed by atoms with Gasteiger partial charge in [0.2, 0.25) is 0 Å². The zero-order chi connectivity index (χ0) is 16.4. The van der Waals surface area contributed by atoms with Crippen molar-refractivity contribution in [3.63, 3.8) is 0 Å².